The van der Waals surface area contributed by atoms with Crippen molar-refractivity contribution in [2.45, 2.75) is 11.8 Å². The molecule has 0 aliphatic carbocycles. The second-order valence-electron chi connectivity index (χ2n) is 6.70. The number of para-hydroxylation sites is 2. The van der Waals surface area contributed by atoms with Crippen LogP contribution < -0.4 is 29.6 Å². The maximum absolute atomic E-state index is 12.9. The molecule has 33 heavy (non-hydrogen) atoms. The number of rotatable bonds is 9. The lowest BCUT2D eigenvalue weighted by Crippen LogP contribution is -2.20. The minimum atomic E-state index is -3.88. The average molecular weight is 488 g/mol. The van der Waals surface area contributed by atoms with Crippen molar-refractivity contribution in [3.63, 3.8) is 0 Å². The normalized spacial score (nSPS) is 10.8. The molecule has 0 amide bonds. The van der Waals surface area contributed by atoms with Crippen LogP contribution in [-0.2, 0) is 10.0 Å². The summed E-state index contributed by atoms with van der Waals surface area (Å²) in [5.41, 5.74) is 1.62. The Balaban J connectivity index is 1.74. The summed E-state index contributed by atoms with van der Waals surface area (Å²) in [5, 5.41) is 6.41. The highest BCUT2D eigenvalue weighted by atomic mass is 32.2. The van der Waals surface area contributed by atoms with Crippen molar-refractivity contribution in [1.82, 2.24) is 0 Å². The van der Waals surface area contributed by atoms with E-state index in [0.29, 0.717) is 34.6 Å². The first-order valence-corrected chi connectivity index (χ1v) is 11.9. The summed E-state index contributed by atoms with van der Waals surface area (Å²) in [6, 6.07) is 18.6. The predicted octanol–water partition coefficient (Wildman–Crippen LogP) is 4.71. The molecule has 0 atom stereocenters. The zero-order valence-electron chi connectivity index (χ0n) is 18.4. The van der Waals surface area contributed by atoms with Crippen LogP contribution in [-0.4, -0.2) is 34.4 Å². The SMILES string of the molecule is CCOc1ccc(NC(=S)Nc2ccc(S(=O)(=O)Nc3ccccc3OC)cc2OC)cc1. The van der Waals surface area contributed by atoms with Gasteiger partial charge in [-0.1, -0.05) is 12.1 Å². The molecule has 0 unspecified atom stereocenters. The molecule has 0 bridgehead atoms. The summed E-state index contributed by atoms with van der Waals surface area (Å²) < 4.78 is 44.4. The molecule has 3 aromatic rings. The quantitative estimate of drug-likeness (QED) is 0.373. The Bertz CT molecular complexity index is 1220. The summed E-state index contributed by atoms with van der Waals surface area (Å²) in [7, 11) is -0.954. The summed E-state index contributed by atoms with van der Waals surface area (Å²) in [6.45, 7) is 2.51. The third-order valence-corrected chi connectivity index (χ3v) is 6.07. The first-order valence-electron chi connectivity index (χ1n) is 10.0. The average Bonchev–Trinajstić information content (AvgIpc) is 2.80. The number of methoxy groups -OCH3 is 2. The number of hydrogen-bond donors (Lipinski definition) is 3. The maximum atomic E-state index is 12.9. The van der Waals surface area contributed by atoms with Gasteiger partial charge in [0.25, 0.3) is 10.0 Å². The van der Waals surface area contributed by atoms with Crippen molar-refractivity contribution < 1.29 is 22.6 Å². The molecular weight excluding hydrogens is 462 g/mol. The lowest BCUT2D eigenvalue weighted by atomic mass is 10.3. The van der Waals surface area contributed by atoms with E-state index in [4.69, 9.17) is 26.4 Å². The molecule has 0 radical (unpaired) electrons. The van der Waals surface area contributed by atoms with Crippen LogP contribution in [0.5, 0.6) is 17.2 Å². The van der Waals surface area contributed by atoms with E-state index in [1.165, 1.54) is 26.4 Å². The molecule has 0 spiro atoms. The highest BCUT2D eigenvalue weighted by Gasteiger charge is 2.19. The third-order valence-electron chi connectivity index (χ3n) is 4.51. The van der Waals surface area contributed by atoms with Crippen LogP contribution in [0.3, 0.4) is 0 Å². The van der Waals surface area contributed by atoms with E-state index in [1.54, 1.807) is 30.3 Å². The molecule has 0 heterocycles. The van der Waals surface area contributed by atoms with Gasteiger partial charge in [-0.05, 0) is 67.7 Å². The van der Waals surface area contributed by atoms with Gasteiger partial charge in [0.1, 0.15) is 17.2 Å². The molecule has 10 heteroatoms. The molecule has 3 aromatic carbocycles. The first kappa shape index (κ1) is 24.1. The van der Waals surface area contributed by atoms with Crippen LogP contribution in [0, 0.1) is 0 Å². The predicted molar refractivity (Wildman–Crippen MR) is 134 cm³/mol. The van der Waals surface area contributed by atoms with Gasteiger partial charge in [0.05, 0.1) is 37.1 Å². The number of anilines is 3. The monoisotopic (exact) mass is 487 g/mol. The second-order valence-corrected chi connectivity index (χ2v) is 8.80. The Morgan fingerprint density at radius 2 is 1.58 bits per heavy atom. The number of sulfonamides is 1. The Morgan fingerprint density at radius 3 is 2.24 bits per heavy atom. The van der Waals surface area contributed by atoms with Gasteiger partial charge in [-0.25, -0.2) is 8.42 Å². The Morgan fingerprint density at radius 1 is 0.879 bits per heavy atom. The van der Waals surface area contributed by atoms with Crippen LogP contribution in [0.2, 0.25) is 0 Å². The van der Waals surface area contributed by atoms with Crippen molar-refractivity contribution in [3.05, 3.63) is 66.7 Å². The van der Waals surface area contributed by atoms with Gasteiger partial charge in [-0.3, -0.25) is 4.72 Å². The lowest BCUT2D eigenvalue weighted by molar-refractivity contribution is 0.340. The molecule has 3 N–H and O–H groups in total. The molecule has 0 aliphatic heterocycles. The van der Waals surface area contributed by atoms with Crippen molar-refractivity contribution in [3.8, 4) is 17.2 Å². The third kappa shape index (κ3) is 6.27. The van der Waals surface area contributed by atoms with Gasteiger partial charge in [0.15, 0.2) is 5.11 Å². The summed E-state index contributed by atoms with van der Waals surface area (Å²) >= 11 is 5.38. The Labute approximate surface area is 198 Å². The molecule has 174 valence electrons. The van der Waals surface area contributed by atoms with Crippen molar-refractivity contribution in [2.75, 3.05) is 36.2 Å². The minimum Gasteiger partial charge on any atom is -0.495 e. The van der Waals surface area contributed by atoms with Gasteiger partial charge < -0.3 is 24.8 Å². The molecule has 0 fully saturated rings. The smallest absolute Gasteiger partial charge is 0.262 e. The van der Waals surface area contributed by atoms with Crippen LogP contribution in [0.25, 0.3) is 0 Å². The number of ether oxygens (including phenoxy) is 3. The lowest BCUT2D eigenvalue weighted by Gasteiger charge is -2.16. The molecule has 3 rings (SSSR count). The molecule has 8 nitrogen and oxygen atoms in total. The van der Waals surface area contributed by atoms with Gasteiger partial charge in [0, 0.05) is 11.8 Å². The van der Waals surface area contributed by atoms with Crippen LogP contribution in [0.15, 0.2) is 71.6 Å². The van der Waals surface area contributed by atoms with Crippen molar-refractivity contribution >= 4 is 44.4 Å². The highest BCUT2D eigenvalue weighted by molar-refractivity contribution is 7.92. The molecule has 0 saturated heterocycles. The zero-order valence-corrected chi connectivity index (χ0v) is 20.0. The first-order chi connectivity index (χ1) is 15.9. The fourth-order valence-electron chi connectivity index (χ4n) is 2.96. The molecule has 0 aliphatic rings. The van der Waals surface area contributed by atoms with Crippen LogP contribution in [0.4, 0.5) is 17.1 Å². The standard InChI is InChI=1S/C23H25N3O5S2/c1-4-31-17-11-9-16(10-12-17)24-23(32)25-19-14-13-18(15-22(19)30-3)33(27,28)26-20-7-5-6-8-21(20)29-2/h5-15,26H,4H2,1-3H3,(H2,24,25,32). The summed E-state index contributed by atoms with van der Waals surface area (Å²) in [5.74, 6) is 1.49. The molecule has 0 saturated carbocycles. The van der Waals surface area contributed by atoms with Gasteiger partial charge in [-0.15, -0.1) is 0 Å². The van der Waals surface area contributed by atoms with E-state index in [2.05, 4.69) is 15.4 Å². The van der Waals surface area contributed by atoms with E-state index < -0.39 is 10.0 Å². The minimum absolute atomic E-state index is 0.0289. The van der Waals surface area contributed by atoms with Gasteiger partial charge >= 0.3 is 0 Å². The number of thiocarbonyl (C=S) groups is 1. The molecule has 0 aromatic heterocycles. The fraction of sp³-hybridized carbons (Fsp3) is 0.174. The Hall–Kier alpha value is -3.50. The summed E-state index contributed by atoms with van der Waals surface area (Å²) in [6.07, 6.45) is 0. The molecular formula is C23H25N3O5S2. The van der Waals surface area contributed by atoms with Crippen LogP contribution >= 0.6 is 12.2 Å². The Kier molecular flexibility index (Phi) is 7.96. The van der Waals surface area contributed by atoms with Gasteiger partial charge in [-0.2, -0.15) is 0 Å². The maximum Gasteiger partial charge on any atom is 0.262 e. The topological polar surface area (TPSA) is 97.9 Å². The van der Waals surface area contributed by atoms with E-state index in [-0.39, 0.29) is 4.90 Å². The highest BCUT2D eigenvalue weighted by Crippen LogP contribution is 2.31. The van der Waals surface area contributed by atoms with E-state index in [0.717, 1.165) is 11.4 Å². The van der Waals surface area contributed by atoms with E-state index >= 15 is 0 Å². The van der Waals surface area contributed by atoms with Crippen LogP contribution in [0.1, 0.15) is 6.92 Å². The van der Waals surface area contributed by atoms with Gasteiger partial charge in [0.2, 0.25) is 0 Å². The fourth-order valence-corrected chi connectivity index (χ4v) is 4.27. The number of hydrogen-bond acceptors (Lipinski definition) is 6. The van der Waals surface area contributed by atoms with E-state index in [1.807, 2.05) is 31.2 Å². The largest absolute Gasteiger partial charge is 0.495 e. The van der Waals surface area contributed by atoms with Crippen molar-refractivity contribution in [2.24, 2.45) is 0 Å². The zero-order chi connectivity index (χ0) is 23.8. The second kappa shape index (κ2) is 10.9. The van der Waals surface area contributed by atoms with E-state index in [9.17, 15) is 8.42 Å². The summed E-state index contributed by atoms with van der Waals surface area (Å²) in [4.78, 5) is 0.0289. The van der Waals surface area contributed by atoms with Crippen molar-refractivity contribution in [1.29, 1.82) is 0 Å². The number of benzene rings is 3. The number of nitrogens with one attached hydrogen (secondary N) is 3.